The third-order valence-corrected chi connectivity index (χ3v) is 7.34. The quantitative estimate of drug-likeness (QED) is 0.556. The lowest BCUT2D eigenvalue weighted by Gasteiger charge is -2.36. The molecule has 2 fully saturated rings. The van der Waals surface area contributed by atoms with Gasteiger partial charge in [0.05, 0.1) is 16.0 Å². The normalized spacial score (nSPS) is 21.7. The van der Waals surface area contributed by atoms with E-state index in [0.29, 0.717) is 15.7 Å². The zero-order valence-electron chi connectivity index (χ0n) is 16.4. The lowest BCUT2D eigenvalue weighted by Crippen LogP contribution is -2.40. The molecule has 30 heavy (non-hydrogen) atoms. The minimum absolute atomic E-state index is 0.0592. The molecule has 1 saturated carbocycles. The Morgan fingerprint density at radius 1 is 1.23 bits per heavy atom. The fourth-order valence-corrected chi connectivity index (χ4v) is 5.22. The monoisotopic (exact) mass is 447 g/mol. The first-order valence-corrected chi connectivity index (χ1v) is 11.5. The van der Waals surface area contributed by atoms with Crippen LogP contribution in [0.15, 0.2) is 35.2 Å². The summed E-state index contributed by atoms with van der Waals surface area (Å²) in [7, 11) is 0. The molecule has 2 heterocycles. The molecular formula is C22H23ClFN3O2S. The number of anilines is 2. The first-order valence-electron chi connectivity index (χ1n) is 10.3. The topological polar surface area (TPSA) is 62.4 Å². The minimum Gasteiger partial charge on any atom is -0.487 e. The Morgan fingerprint density at radius 3 is 2.80 bits per heavy atom. The van der Waals surface area contributed by atoms with Gasteiger partial charge in [-0.15, -0.1) is 0 Å². The SMILES string of the molecule is O=C1Nc2c(OC3CCCNC3)cc(NSc3ccc(Cl)cc3F)cc2C12CCC2. The number of halogens is 2. The van der Waals surface area contributed by atoms with E-state index in [4.69, 9.17) is 16.3 Å². The van der Waals surface area contributed by atoms with E-state index in [-0.39, 0.29) is 17.8 Å². The number of carbonyl (C=O) groups excluding carboxylic acids is 1. The number of hydrogen-bond acceptors (Lipinski definition) is 5. The lowest BCUT2D eigenvalue weighted by molar-refractivity contribution is -0.123. The van der Waals surface area contributed by atoms with Crippen LogP contribution in [0, 0.1) is 5.82 Å². The largest absolute Gasteiger partial charge is 0.487 e. The summed E-state index contributed by atoms with van der Waals surface area (Å²) in [4.78, 5) is 13.2. The second kappa shape index (κ2) is 7.94. The van der Waals surface area contributed by atoms with Crippen LogP contribution in [0.2, 0.25) is 5.02 Å². The molecule has 2 aromatic carbocycles. The highest BCUT2D eigenvalue weighted by Crippen LogP contribution is 2.54. The Labute approximate surface area is 184 Å². The number of nitrogens with one attached hydrogen (secondary N) is 3. The number of amides is 1. The van der Waals surface area contributed by atoms with Gasteiger partial charge in [0.1, 0.15) is 17.7 Å². The summed E-state index contributed by atoms with van der Waals surface area (Å²) in [5.41, 5.74) is 2.11. The van der Waals surface area contributed by atoms with Crippen LogP contribution in [0.1, 0.15) is 37.7 Å². The summed E-state index contributed by atoms with van der Waals surface area (Å²) in [5.74, 6) is 0.361. The van der Waals surface area contributed by atoms with Crippen LogP contribution in [0.4, 0.5) is 15.8 Å². The molecule has 5 rings (SSSR count). The molecule has 2 aliphatic heterocycles. The molecule has 2 aromatic rings. The Hall–Kier alpha value is -1.96. The molecule has 1 saturated heterocycles. The molecule has 1 spiro atoms. The van der Waals surface area contributed by atoms with E-state index in [1.807, 2.05) is 12.1 Å². The number of rotatable bonds is 5. The van der Waals surface area contributed by atoms with Crippen molar-refractivity contribution in [2.45, 2.75) is 48.5 Å². The predicted molar refractivity (Wildman–Crippen MR) is 118 cm³/mol. The highest BCUT2D eigenvalue weighted by Gasteiger charge is 2.52. The second-order valence-electron chi connectivity index (χ2n) is 8.15. The van der Waals surface area contributed by atoms with Crippen molar-refractivity contribution in [1.82, 2.24) is 5.32 Å². The predicted octanol–water partition coefficient (Wildman–Crippen LogP) is 5.10. The van der Waals surface area contributed by atoms with Gasteiger partial charge in [-0.2, -0.15) is 0 Å². The van der Waals surface area contributed by atoms with Crippen molar-refractivity contribution < 1.29 is 13.9 Å². The van der Waals surface area contributed by atoms with Gasteiger partial charge in [0, 0.05) is 23.3 Å². The van der Waals surface area contributed by atoms with Crippen molar-refractivity contribution in [3.63, 3.8) is 0 Å². The van der Waals surface area contributed by atoms with Crippen molar-refractivity contribution in [3.8, 4) is 5.75 Å². The molecule has 1 unspecified atom stereocenters. The molecule has 3 aliphatic rings. The summed E-state index contributed by atoms with van der Waals surface area (Å²) in [6.07, 6.45) is 4.83. The number of ether oxygens (including phenoxy) is 1. The van der Waals surface area contributed by atoms with E-state index in [1.54, 1.807) is 12.1 Å². The van der Waals surface area contributed by atoms with E-state index < -0.39 is 5.41 Å². The maximum atomic E-state index is 14.2. The van der Waals surface area contributed by atoms with Crippen LogP contribution in [0.25, 0.3) is 0 Å². The first-order chi connectivity index (χ1) is 14.5. The fourth-order valence-electron chi connectivity index (χ4n) is 4.43. The summed E-state index contributed by atoms with van der Waals surface area (Å²) in [5, 5.41) is 6.79. The van der Waals surface area contributed by atoms with E-state index in [2.05, 4.69) is 15.4 Å². The van der Waals surface area contributed by atoms with Gasteiger partial charge in [0.2, 0.25) is 5.91 Å². The van der Waals surface area contributed by atoms with Gasteiger partial charge in [0.25, 0.3) is 0 Å². The average Bonchev–Trinajstić information content (AvgIpc) is 3.00. The number of fused-ring (bicyclic) bond motifs is 2. The summed E-state index contributed by atoms with van der Waals surface area (Å²) in [6, 6.07) is 8.50. The molecule has 1 amide bonds. The molecule has 0 bridgehead atoms. The molecule has 0 aromatic heterocycles. The van der Waals surface area contributed by atoms with E-state index >= 15 is 0 Å². The average molecular weight is 448 g/mol. The molecule has 5 nitrogen and oxygen atoms in total. The Balaban J connectivity index is 1.45. The van der Waals surface area contributed by atoms with Crippen molar-refractivity contribution >= 4 is 40.8 Å². The molecule has 8 heteroatoms. The van der Waals surface area contributed by atoms with E-state index in [1.165, 1.54) is 18.0 Å². The van der Waals surface area contributed by atoms with Crippen LogP contribution >= 0.6 is 23.5 Å². The smallest absolute Gasteiger partial charge is 0.235 e. The fraction of sp³-hybridized carbons (Fsp3) is 0.409. The highest BCUT2D eigenvalue weighted by atomic mass is 35.5. The summed E-state index contributed by atoms with van der Waals surface area (Å²) < 4.78 is 23.7. The minimum atomic E-state index is -0.452. The van der Waals surface area contributed by atoms with Crippen molar-refractivity contribution in [2.75, 3.05) is 23.1 Å². The van der Waals surface area contributed by atoms with Gasteiger partial charge in [-0.1, -0.05) is 18.0 Å². The highest BCUT2D eigenvalue weighted by molar-refractivity contribution is 8.00. The molecule has 3 N–H and O–H groups in total. The number of carbonyl (C=O) groups is 1. The molecule has 158 valence electrons. The first kappa shape index (κ1) is 20.0. The van der Waals surface area contributed by atoms with Crippen molar-refractivity contribution in [2.24, 2.45) is 0 Å². The molecule has 1 aliphatic carbocycles. The van der Waals surface area contributed by atoms with Gasteiger partial charge in [0.15, 0.2) is 0 Å². The maximum Gasteiger partial charge on any atom is 0.235 e. The van der Waals surface area contributed by atoms with Gasteiger partial charge in [-0.05, 0) is 74.0 Å². The molecular weight excluding hydrogens is 425 g/mol. The van der Waals surface area contributed by atoms with Gasteiger partial charge in [-0.3, -0.25) is 4.79 Å². The van der Waals surface area contributed by atoms with Gasteiger partial charge < -0.3 is 20.1 Å². The zero-order chi connectivity index (χ0) is 20.7. The van der Waals surface area contributed by atoms with E-state index in [9.17, 15) is 9.18 Å². The van der Waals surface area contributed by atoms with Crippen molar-refractivity contribution in [1.29, 1.82) is 0 Å². The standard InChI is InChI=1S/C22H23ClFN3O2S/c23-13-4-5-19(17(24)9-13)30-27-14-10-16-20(26-21(28)22(16)6-2-7-22)18(11-14)29-15-3-1-8-25-12-15/h4-5,9-11,15,25,27H,1-3,6-8,12H2,(H,26,28). The van der Waals surface area contributed by atoms with Crippen LogP contribution in [0.5, 0.6) is 5.75 Å². The second-order valence-corrected chi connectivity index (χ2v) is 9.44. The number of piperidine rings is 1. The maximum absolute atomic E-state index is 14.2. The number of benzene rings is 2. The van der Waals surface area contributed by atoms with Crippen LogP contribution in [0.3, 0.4) is 0 Å². The Morgan fingerprint density at radius 2 is 2.10 bits per heavy atom. The zero-order valence-corrected chi connectivity index (χ0v) is 18.0. The summed E-state index contributed by atoms with van der Waals surface area (Å²) >= 11 is 7.03. The number of hydrogen-bond donors (Lipinski definition) is 3. The van der Waals surface area contributed by atoms with E-state index in [0.717, 1.165) is 62.1 Å². The Bertz CT molecular complexity index is 993. The molecule has 0 radical (unpaired) electrons. The van der Waals surface area contributed by atoms with Crippen molar-refractivity contribution in [3.05, 3.63) is 46.7 Å². The van der Waals surface area contributed by atoms with Gasteiger partial charge >= 0.3 is 0 Å². The Kier molecular flexibility index (Phi) is 5.29. The van der Waals surface area contributed by atoms with Gasteiger partial charge in [-0.25, -0.2) is 4.39 Å². The molecule has 1 atom stereocenters. The van der Waals surface area contributed by atoms with Crippen LogP contribution in [-0.4, -0.2) is 25.1 Å². The van der Waals surface area contributed by atoms with Crippen LogP contribution in [-0.2, 0) is 10.2 Å². The third-order valence-electron chi connectivity index (χ3n) is 6.22. The lowest BCUT2D eigenvalue weighted by atomic mass is 9.65. The van der Waals surface area contributed by atoms with Crippen LogP contribution < -0.4 is 20.1 Å². The third kappa shape index (κ3) is 3.53. The summed E-state index contributed by atoms with van der Waals surface area (Å²) in [6.45, 7) is 1.79.